The molecule has 0 unspecified atom stereocenters. The molecule has 5 rings (SSSR count). The number of sulfonamides is 1. The number of nitrogens with two attached hydrogens (primary N) is 1. The lowest BCUT2D eigenvalue weighted by atomic mass is 10.2. The third-order valence-electron chi connectivity index (χ3n) is 5.96. The number of aromatic carboxylic acids is 1. The summed E-state index contributed by atoms with van der Waals surface area (Å²) in [6.45, 7) is 0. The summed E-state index contributed by atoms with van der Waals surface area (Å²) in [4.78, 5) is 42.7. The van der Waals surface area contributed by atoms with Crippen LogP contribution in [0.4, 0.5) is 5.82 Å². The number of halogens is 1. The van der Waals surface area contributed by atoms with Crippen molar-refractivity contribution in [1.29, 1.82) is 0 Å². The van der Waals surface area contributed by atoms with Gasteiger partial charge in [0.15, 0.2) is 5.69 Å². The van der Waals surface area contributed by atoms with Gasteiger partial charge in [-0.1, -0.05) is 23.7 Å². The highest BCUT2D eigenvalue weighted by atomic mass is 35.5. The van der Waals surface area contributed by atoms with Gasteiger partial charge in [-0.15, -0.1) is 0 Å². The van der Waals surface area contributed by atoms with Crippen molar-refractivity contribution in [3.63, 3.8) is 0 Å². The van der Waals surface area contributed by atoms with Gasteiger partial charge >= 0.3 is 5.97 Å². The van der Waals surface area contributed by atoms with E-state index in [9.17, 15) is 22.8 Å². The summed E-state index contributed by atoms with van der Waals surface area (Å²) in [7, 11) is -2.68. The van der Waals surface area contributed by atoms with Crippen molar-refractivity contribution in [3.8, 4) is 5.75 Å². The molecule has 5 N–H and O–H groups in total. The molecule has 2 aliphatic carbocycles. The maximum Gasteiger partial charge on any atom is 0.356 e. The zero-order chi connectivity index (χ0) is 29.0. The van der Waals surface area contributed by atoms with Crippen LogP contribution >= 0.6 is 11.6 Å². The third kappa shape index (κ3) is 7.04. The van der Waals surface area contributed by atoms with Crippen LogP contribution in [-0.2, 0) is 10.0 Å². The molecule has 0 bridgehead atoms. The quantitative estimate of drug-likeness (QED) is 0.304. The maximum absolute atomic E-state index is 12.4. The number of carboxylic acids is 1. The summed E-state index contributed by atoms with van der Waals surface area (Å²) >= 11 is 5.65. The number of nitrogens with zero attached hydrogens (tertiary/aromatic N) is 2. The number of aromatic nitrogens is 2. The van der Waals surface area contributed by atoms with Crippen LogP contribution in [0.1, 0.15) is 68.6 Å². The molecule has 12 nitrogen and oxygen atoms in total. The van der Waals surface area contributed by atoms with E-state index < -0.39 is 21.9 Å². The van der Waals surface area contributed by atoms with E-state index in [1.54, 1.807) is 18.2 Å². The van der Waals surface area contributed by atoms with E-state index in [1.165, 1.54) is 37.4 Å². The zero-order valence-corrected chi connectivity index (χ0v) is 22.8. The topological polar surface area (TPSA) is 191 Å². The van der Waals surface area contributed by atoms with Crippen LogP contribution < -0.4 is 20.5 Å². The van der Waals surface area contributed by atoms with E-state index >= 15 is 0 Å². The Kier molecular flexibility index (Phi) is 8.55. The van der Waals surface area contributed by atoms with Gasteiger partial charge < -0.3 is 20.9 Å². The number of carbonyl (C=O) groups excluding carboxylic acids is 2. The minimum atomic E-state index is -4.07. The molecule has 210 valence electrons. The van der Waals surface area contributed by atoms with Crippen LogP contribution in [0.3, 0.4) is 0 Å². The fourth-order valence-corrected chi connectivity index (χ4v) is 4.63. The Balaban J connectivity index is 0.000000222. The SMILES string of the molecule is COc1ccccc1C(=O)NS(=O)(=O)c1ccc(C(=O)NC2CC2)cc1.Nc1nc(C2CC2)nc(C(=O)O)c1Cl. The number of ether oxygens (including phenoxy) is 1. The Morgan fingerprint density at radius 3 is 2.23 bits per heavy atom. The summed E-state index contributed by atoms with van der Waals surface area (Å²) in [5.74, 6) is -1.15. The number of nitrogens with one attached hydrogen (secondary N) is 2. The minimum Gasteiger partial charge on any atom is -0.496 e. The van der Waals surface area contributed by atoms with E-state index in [0.29, 0.717) is 11.4 Å². The number of amides is 2. The van der Waals surface area contributed by atoms with Crippen LogP contribution in [0.2, 0.25) is 5.02 Å². The average molecular weight is 588 g/mol. The Morgan fingerprint density at radius 1 is 1.00 bits per heavy atom. The van der Waals surface area contributed by atoms with Crippen molar-refractivity contribution >= 4 is 45.2 Å². The van der Waals surface area contributed by atoms with E-state index in [-0.39, 0.29) is 50.6 Å². The maximum atomic E-state index is 12.4. The number of hydrogen-bond donors (Lipinski definition) is 4. The van der Waals surface area contributed by atoms with Crippen molar-refractivity contribution in [1.82, 2.24) is 20.0 Å². The molecule has 3 aromatic rings. The number of anilines is 1. The molecule has 0 atom stereocenters. The molecule has 0 spiro atoms. The molecule has 0 saturated heterocycles. The minimum absolute atomic E-state index is 0.0426. The van der Waals surface area contributed by atoms with Gasteiger partial charge in [-0.05, 0) is 62.1 Å². The van der Waals surface area contributed by atoms with E-state index in [1.807, 2.05) is 4.72 Å². The van der Waals surface area contributed by atoms with Crippen LogP contribution in [0.15, 0.2) is 53.4 Å². The fourth-order valence-electron chi connectivity index (χ4n) is 3.50. The second-order valence-electron chi connectivity index (χ2n) is 9.12. The summed E-state index contributed by atoms with van der Waals surface area (Å²) in [6, 6.07) is 11.9. The molecule has 2 amide bonds. The number of methoxy groups -OCH3 is 1. The first-order valence-electron chi connectivity index (χ1n) is 12.2. The van der Waals surface area contributed by atoms with Crippen molar-refractivity contribution < 1.29 is 32.6 Å². The van der Waals surface area contributed by atoms with E-state index in [2.05, 4.69) is 15.3 Å². The smallest absolute Gasteiger partial charge is 0.356 e. The predicted octanol–water partition coefficient (Wildman–Crippen LogP) is 2.99. The number of para-hydroxylation sites is 1. The predicted molar refractivity (Wildman–Crippen MR) is 145 cm³/mol. The van der Waals surface area contributed by atoms with Gasteiger partial charge in [-0.3, -0.25) is 9.59 Å². The highest BCUT2D eigenvalue weighted by molar-refractivity contribution is 7.90. The lowest BCUT2D eigenvalue weighted by Gasteiger charge is -2.10. The third-order valence-corrected chi connectivity index (χ3v) is 7.68. The lowest BCUT2D eigenvalue weighted by Crippen LogP contribution is -2.31. The van der Waals surface area contributed by atoms with Gasteiger partial charge in [0.05, 0.1) is 17.6 Å². The molecule has 2 aliphatic rings. The molecule has 0 aliphatic heterocycles. The fraction of sp³-hybridized carbons (Fsp3) is 0.269. The number of hydrogen-bond acceptors (Lipinski definition) is 9. The second-order valence-corrected chi connectivity index (χ2v) is 11.2. The Labute approximate surface area is 235 Å². The molecular weight excluding hydrogens is 562 g/mol. The first kappa shape index (κ1) is 28.8. The average Bonchev–Trinajstić information content (AvgIpc) is 3.85. The van der Waals surface area contributed by atoms with Crippen LogP contribution in [-0.4, -0.2) is 54.4 Å². The molecular formula is C26H26ClN5O7S. The number of carbonyl (C=O) groups is 3. The highest BCUT2D eigenvalue weighted by Gasteiger charge is 2.29. The first-order valence-corrected chi connectivity index (χ1v) is 14.0. The lowest BCUT2D eigenvalue weighted by molar-refractivity contribution is 0.0689. The van der Waals surface area contributed by atoms with Gasteiger partial charge in [-0.2, -0.15) is 0 Å². The Morgan fingerprint density at radius 2 is 1.65 bits per heavy atom. The highest BCUT2D eigenvalue weighted by Crippen LogP contribution is 2.39. The van der Waals surface area contributed by atoms with Crippen LogP contribution in [0.25, 0.3) is 0 Å². The largest absolute Gasteiger partial charge is 0.496 e. The molecule has 1 aromatic heterocycles. The molecule has 14 heteroatoms. The molecule has 2 fully saturated rings. The molecule has 2 aromatic carbocycles. The number of carboxylic acid groups (broad SMARTS) is 1. The summed E-state index contributed by atoms with van der Waals surface area (Å²) < 4.78 is 31.9. The normalized spacial score (nSPS) is 14.3. The zero-order valence-electron chi connectivity index (χ0n) is 21.3. The Hall–Kier alpha value is -4.23. The van der Waals surface area contributed by atoms with Crippen molar-refractivity contribution in [3.05, 3.63) is 76.2 Å². The number of nitrogen functional groups attached to an aromatic ring is 1. The molecule has 2 saturated carbocycles. The van der Waals surface area contributed by atoms with Gasteiger partial charge in [0.25, 0.3) is 21.8 Å². The number of rotatable bonds is 8. The van der Waals surface area contributed by atoms with Gasteiger partial charge in [0, 0.05) is 17.5 Å². The molecule has 1 heterocycles. The number of benzene rings is 2. The van der Waals surface area contributed by atoms with Crippen LogP contribution in [0.5, 0.6) is 5.75 Å². The van der Waals surface area contributed by atoms with Crippen molar-refractivity contribution in [2.75, 3.05) is 12.8 Å². The van der Waals surface area contributed by atoms with E-state index in [4.69, 9.17) is 27.2 Å². The Bertz CT molecular complexity index is 1560. The monoisotopic (exact) mass is 587 g/mol. The van der Waals surface area contributed by atoms with E-state index in [0.717, 1.165) is 25.7 Å². The van der Waals surface area contributed by atoms with Gasteiger partial charge in [-0.25, -0.2) is 27.9 Å². The van der Waals surface area contributed by atoms with Gasteiger partial charge in [0.2, 0.25) is 0 Å². The van der Waals surface area contributed by atoms with Crippen LogP contribution in [0, 0.1) is 0 Å². The second kappa shape index (κ2) is 11.9. The first-order chi connectivity index (χ1) is 19.0. The molecule has 40 heavy (non-hydrogen) atoms. The van der Waals surface area contributed by atoms with Crippen molar-refractivity contribution in [2.45, 2.75) is 42.5 Å². The van der Waals surface area contributed by atoms with Crippen molar-refractivity contribution in [2.24, 2.45) is 0 Å². The summed E-state index contributed by atoms with van der Waals surface area (Å²) in [5.41, 5.74) is 5.75. The summed E-state index contributed by atoms with van der Waals surface area (Å²) in [5, 5.41) is 11.5. The standard InChI is InChI=1S/C18H18N2O5S.C8H8ClN3O2/c1-25-16-5-3-2-4-15(16)18(22)20-26(23,24)14-10-6-12(7-11-14)17(21)19-13-8-9-13;9-4-5(8(13)14)11-7(3-1-2-3)12-6(4)10/h2-7,10-11,13H,8-9H2,1H3,(H,19,21)(H,20,22);3H,1-2H2,(H,13,14)(H2,10,11,12). The van der Waals surface area contributed by atoms with Gasteiger partial charge in [0.1, 0.15) is 22.4 Å². The molecule has 0 radical (unpaired) electrons. The summed E-state index contributed by atoms with van der Waals surface area (Å²) in [6.07, 6.45) is 3.90.